The largest absolute Gasteiger partial charge is 0.345 e. The van der Waals surface area contributed by atoms with E-state index in [4.69, 9.17) is 0 Å². The maximum absolute atomic E-state index is 12.7. The molecule has 0 radical (unpaired) electrons. The van der Waals surface area contributed by atoms with Crippen LogP contribution in [0.25, 0.3) is 0 Å². The lowest BCUT2D eigenvalue weighted by atomic mass is 9.92. The van der Waals surface area contributed by atoms with Gasteiger partial charge in [0.2, 0.25) is 0 Å². The topological polar surface area (TPSA) is 93.3 Å². The Bertz CT molecular complexity index is 922. The number of amides is 1. The molecular formula is C17H26N6O3S. The third-order valence-corrected chi connectivity index (χ3v) is 6.67. The predicted molar refractivity (Wildman–Crippen MR) is 99.6 cm³/mol. The van der Waals surface area contributed by atoms with Crippen molar-refractivity contribution in [1.29, 1.82) is 0 Å². The van der Waals surface area contributed by atoms with Crippen LogP contribution < -0.4 is 0 Å². The van der Waals surface area contributed by atoms with Crippen LogP contribution in [0.5, 0.6) is 0 Å². The van der Waals surface area contributed by atoms with Gasteiger partial charge in [-0.1, -0.05) is 0 Å². The molecule has 2 aromatic heterocycles. The first-order valence-corrected chi connectivity index (χ1v) is 10.3. The fraction of sp³-hybridized carbons (Fsp3) is 0.588. The van der Waals surface area contributed by atoms with E-state index >= 15 is 0 Å². The fourth-order valence-corrected chi connectivity index (χ4v) is 4.82. The summed E-state index contributed by atoms with van der Waals surface area (Å²) in [4.78, 5) is 17.9. The highest BCUT2D eigenvalue weighted by Gasteiger charge is 2.31. The van der Waals surface area contributed by atoms with Crippen molar-refractivity contribution in [1.82, 2.24) is 28.5 Å². The second-order valence-corrected chi connectivity index (χ2v) is 9.18. The second-order valence-electron chi connectivity index (χ2n) is 7.29. The highest BCUT2D eigenvalue weighted by atomic mass is 32.2. The normalized spacial score (nSPS) is 16.6. The Balaban J connectivity index is 1.66. The molecule has 1 amide bonds. The van der Waals surface area contributed by atoms with Crippen molar-refractivity contribution in [3.63, 3.8) is 0 Å². The Hall–Kier alpha value is -2.20. The van der Waals surface area contributed by atoms with Gasteiger partial charge in [0, 0.05) is 53.7 Å². The van der Waals surface area contributed by atoms with E-state index in [1.165, 1.54) is 16.8 Å². The van der Waals surface area contributed by atoms with Crippen molar-refractivity contribution in [2.75, 3.05) is 27.2 Å². The molecule has 3 heterocycles. The number of rotatable bonds is 5. The van der Waals surface area contributed by atoms with Crippen LogP contribution in [0, 0.1) is 5.92 Å². The van der Waals surface area contributed by atoms with E-state index in [2.05, 4.69) is 10.1 Å². The first kappa shape index (κ1) is 19.6. The van der Waals surface area contributed by atoms with E-state index in [1.54, 1.807) is 48.5 Å². The Morgan fingerprint density at radius 3 is 2.44 bits per heavy atom. The van der Waals surface area contributed by atoms with E-state index < -0.39 is 10.0 Å². The second kappa shape index (κ2) is 7.43. The minimum atomic E-state index is -3.55. The molecule has 0 aromatic carbocycles. The molecule has 0 spiro atoms. The zero-order valence-corrected chi connectivity index (χ0v) is 17.0. The molecule has 0 aliphatic carbocycles. The molecule has 27 heavy (non-hydrogen) atoms. The van der Waals surface area contributed by atoms with Gasteiger partial charge in [-0.2, -0.15) is 9.40 Å². The Kier molecular flexibility index (Phi) is 5.38. The summed E-state index contributed by atoms with van der Waals surface area (Å²) in [5.41, 5.74) is 1.40. The summed E-state index contributed by atoms with van der Waals surface area (Å²) in [5.74, 6) is 0.233. The van der Waals surface area contributed by atoms with Gasteiger partial charge in [-0.25, -0.2) is 13.4 Å². The first-order chi connectivity index (χ1) is 12.7. The lowest BCUT2D eigenvalue weighted by Gasteiger charge is -2.30. The summed E-state index contributed by atoms with van der Waals surface area (Å²) >= 11 is 0. The Morgan fingerprint density at radius 2 is 1.89 bits per heavy atom. The molecule has 0 N–H and O–H groups in total. The molecule has 1 aliphatic heterocycles. The molecule has 3 rings (SSSR count). The van der Waals surface area contributed by atoms with Gasteiger partial charge < -0.3 is 9.47 Å². The van der Waals surface area contributed by atoms with Crippen LogP contribution in [0.4, 0.5) is 0 Å². The van der Waals surface area contributed by atoms with Crippen LogP contribution in [0.1, 0.15) is 28.9 Å². The number of carbonyl (C=O) groups excluding carboxylic acids is 1. The van der Waals surface area contributed by atoms with Crippen molar-refractivity contribution in [3.8, 4) is 0 Å². The number of hydrogen-bond donors (Lipinski definition) is 0. The predicted octanol–water partition coefficient (Wildman–Crippen LogP) is 0.499. The molecule has 1 saturated heterocycles. The number of hydrogen-bond acceptors (Lipinski definition) is 5. The SMILES string of the molecule is CN(C)C(=O)c1cn(C)nc1CC1CCN(S(=O)(=O)c2cn(C)cn2)CC1. The van der Waals surface area contributed by atoms with Gasteiger partial charge in [-0.3, -0.25) is 9.48 Å². The van der Waals surface area contributed by atoms with Gasteiger partial charge in [0.1, 0.15) is 0 Å². The summed E-state index contributed by atoms with van der Waals surface area (Å²) in [6.45, 7) is 0.904. The van der Waals surface area contributed by atoms with Gasteiger partial charge in [-0.05, 0) is 25.2 Å². The van der Waals surface area contributed by atoms with Crippen LogP contribution in [0.3, 0.4) is 0 Å². The van der Waals surface area contributed by atoms with Crippen molar-refractivity contribution in [2.45, 2.75) is 24.3 Å². The molecule has 148 valence electrons. The maximum atomic E-state index is 12.7. The molecule has 0 bridgehead atoms. The minimum Gasteiger partial charge on any atom is -0.345 e. The van der Waals surface area contributed by atoms with Crippen LogP contribution in [0.15, 0.2) is 23.7 Å². The number of aromatic nitrogens is 4. The zero-order valence-electron chi connectivity index (χ0n) is 16.2. The minimum absolute atomic E-state index is 0.0618. The van der Waals surface area contributed by atoms with E-state index in [1.807, 2.05) is 0 Å². The van der Waals surface area contributed by atoms with E-state index in [9.17, 15) is 13.2 Å². The fourth-order valence-electron chi connectivity index (χ4n) is 3.39. The molecule has 0 unspecified atom stereocenters. The van der Waals surface area contributed by atoms with E-state index in [0.717, 1.165) is 18.5 Å². The molecule has 1 aliphatic rings. The summed E-state index contributed by atoms with van der Waals surface area (Å²) in [7, 11) is 3.45. The monoisotopic (exact) mass is 394 g/mol. The number of piperidine rings is 1. The lowest BCUT2D eigenvalue weighted by molar-refractivity contribution is 0.0826. The van der Waals surface area contributed by atoms with Gasteiger partial charge >= 0.3 is 0 Å². The standard InChI is InChI=1S/C17H26N6O3S/c1-20(2)17(24)14-10-22(4)19-15(14)9-13-5-7-23(8-6-13)27(25,26)16-11-21(3)12-18-16/h10-13H,5-9H2,1-4H3. The molecule has 1 fully saturated rings. The average Bonchev–Trinajstić information content (AvgIpc) is 3.20. The van der Waals surface area contributed by atoms with Crippen molar-refractivity contribution >= 4 is 15.9 Å². The summed E-state index contributed by atoms with van der Waals surface area (Å²) in [6.07, 6.45) is 6.90. The zero-order chi connectivity index (χ0) is 19.8. The number of aryl methyl sites for hydroxylation is 2. The van der Waals surface area contributed by atoms with E-state index in [0.29, 0.717) is 31.0 Å². The summed E-state index contributed by atoms with van der Waals surface area (Å²) in [6, 6.07) is 0. The first-order valence-electron chi connectivity index (χ1n) is 8.90. The Labute approximate surface area is 159 Å². The summed E-state index contributed by atoms with van der Waals surface area (Å²) in [5, 5.41) is 4.54. The van der Waals surface area contributed by atoms with Gasteiger partial charge in [0.05, 0.1) is 17.6 Å². The third kappa shape index (κ3) is 4.06. The van der Waals surface area contributed by atoms with Gasteiger partial charge in [-0.15, -0.1) is 0 Å². The van der Waals surface area contributed by atoms with Crippen LogP contribution in [0.2, 0.25) is 0 Å². The quantitative estimate of drug-likeness (QED) is 0.736. The highest BCUT2D eigenvalue weighted by Crippen LogP contribution is 2.26. The number of imidazole rings is 1. The molecule has 0 atom stereocenters. The van der Waals surface area contributed by atoms with E-state index in [-0.39, 0.29) is 10.9 Å². The smallest absolute Gasteiger partial charge is 0.262 e. The highest BCUT2D eigenvalue weighted by molar-refractivity contribution is 7.89. The van der Waals surface area contributed by atoms with Gasteiger partial charge in [0.15, 0.2) is 5.03 Å². The molecule has 9 nitrogen and oxygen atoms in total. The maximum Gasteiger partial charge on any atom is 0.262 e. The number of nitrogens with zero attached hydrogens (tertiary/aromatic N) is 6. The third-order valence-electron chi connectivity index (χ3n) is 4.88. The average molecular weight is 395 g/mol. The van der Waals surface area contributed by atoms with Crippen LogP contribution in [-0.2, 0) is 30.5 Å². The van der Waals surface area contributed by atoms with Gasteiger partial charge in [0.25, 0.3) is 15.9 Å². The Morgan fingerprint density at radius 1 is 1.22 bits per heavy atom. The number of sulfonamides is 1. The number of carbonyl (C=O) groups is 1. The molecule has 2 aromatic rings. The van der Waals surface area contributed by atoms with Crippen LogP contribution >= 0.6 is 0 Å². The molecule has 0 saturated carbocycles. The van der Waals surface area contributed by atoms with Crippen molar-refractivity contribution in [2.24, 2.45) is 20.0 Å². The van der Waals surface area contributed by atoms with Crippen molar-refractivity contribution < 1.29 is 13.2 Å². The summed E-state index contributed by atoms with van der Waals surface area (Å²) < 4.78 is 30.1. The van der Waals surface area contributed by atoms with Crippen molar-refractivity contribution in [3.05, 3.63) is 30.0 Å². The molecule has 10 heteroatoms. The lowest BCUT2D eigenvalue weighted by Crippen LogP contribution is -2.39. The molecular weight excluding hydrogens is 368 g/mol. The van der Waals surface area contributed by atoms with Crippen LogP contribution in [-0.4, -0.2) is 70.0 Å².